The molecule has 3 nitrogen and oxygen atoms in total. The predicted molar refractivity (Wildman–Crippen MR) is 91.4 cm³/mol. The predicted octanol–water partition coefficient (Wildman–Crippen LogP) is 3.94. The maximum absolute atomic E-state index is 12.8. The first-order valence-electron chi connectivity index (χ1n) is 8.77. The summed E-state index contributed by atoms with van der Waals surface area (Å²) in [5.74, 6) is 0.994. The van der Waals surface area contributed by atoms with Gasteiger partial charge >= 0.3 is 0 Å². The van der Waals surface area contributed by atoms with Crippen LogP contribution in [0.3, 0.4) is 0 Å². The monoisotopic (exact) mass is 300 g/mol. The fourth-order valence-electron chi connectivity index (χ4n) is 3.17. The van der Waals surface area contributed by atoms with E-state index in [1.807, 2.05) is 12.1 Å². The summed E-state index contributed by atoms with van der Waals surface area (Å²) in [6.07, 6.45) is 4.98. The average Bonchev–Trinajstić information content (AvgIpc) is 3.38. The van der Waals surface area contributed by atoms with E-state index in [4.69, 9.17) is 0 Å². The fraction of sp³-hybridized carbons (Fsp3) is 0.632. The summed E-state index contributed by atoms with van der Waals surface area (Å²) < 4.78 is 0. The Morgan fingerprint density at radius 3 is 2.23 bits per heavy atom. The van der Waals surface area contributed by atoms with Crippen molar-refractivity contribution >= 4 is 11.6 Å². The fourth-order valence-corrected chi connectivity index (χ4v) is 3.17. The number of amides is 1. The molecule has 1 aromatic carbocycles. The van der Waals surface area contributed by atoms with E-state index in [1.54, 1.807) is 0 Å². The van der Waals surface area contributed by atoms with Crippen LogP contribution in [-0.2, 0) is 0 Å². The Morgan fingerprint density at radius 2 is 1.77 bits per heavy atom. The molecule has 3 rings (SSSR count). The maximum Gasteiger partial charge on any atom is 0.254 e. The van der Waals surface area contributed by atoms with Crippen molar-refractivity contribution in [3.05, 3.63) is 29.8 Å². The van der Waals surface area contributed by atoms with Crippen LogP contribution in [-0.4, -0.2) is 36.0 Å². The standard InChI is InChI=1S/C19H28N2O/c1-4-20(14(2)3)17-9-7-16(8-10-17)19(22)21(18-11-12-18)13-15-5-6-15/h7-10,14-15,18H,4-6,11-13H2,1-3H3. The lowest BCUT2D eigenvalue weighted by Crippen LogP contribution is -2.35. The lowest BCUT2D eigenvalue weighted by molar-refractivity contribution is 0.0735. The smallest absolute Gasteiger partial charge is 0.254 e. The topological polar surface area (TPSA) is 23.6 Å². The number of nitrogens with zero attached hydrogens (tertiary/aromatic N) is 2. The molecule has 0 atom stereocenters. The van der Waals surface area contributed by atoms with Crippen molar-refractivity contribution in [2.45, 2.75) is 58.5 Å². The molecule has 0 aromatic heterocycles. The van der Waals surface area contributed by atoms with Crippen LogP contribution in [0.5, 0.6) is 0 Å². The van der Waals surface area contributed by atoms with Gasteiger partial charge in [0.15, 0.2) is 0 Å². The molecular weight excluding hydrogens is 272 g/mol. The minimum atomic E-state index is 0.230. The van der Waals surface area contributed by atoms with Gasteiger partial charge in [-0.2, -0.15) is 0 Å². The van der Waals surface area contributed by atoms with Gasteiger partial charge in [0, 0.05) is 36.4 Å². The molecule has 0 spiro atoms. The highest BCUT2D eigenvalue weighted by Gasteiger charge is 2.36. The Balaban J connectivity index is 1.71. The molecule has 0 aliphatic heterocycles. The molecule has 2 saturated carbocycles. The third-order valence-electron chi connectivity index (χ3n) is 4.81. The minimum absolute atomic E-state index is 0.230. The number of hydrogen-bond acceptors (Lipinski definition) is 2. The van der Waals surface area contributed by atoms with E-state index < -0.39 is 0 Å². The van der Waals surface area contributed by atoms with Crippen molar-refractivity contribution in [1.29, 1.82) is 0 Å². The number of benzene rings is 1. The molecule has 1 amide bonds. The third kappa shape index (κ3) is 3.45. The SMILES string of the molecule is CCN(c1ccc(C(=O)N(CC2CC2)C2CC2)cc1)C(C)C. The van der Waals surface area contributed by atoms with Crippen LogP contribution in [0.15, 0.2) is 24.3 Å². The zero-order valence-electron chi connectivity index (χ0n) is 14.1. The number of hydrogen-bond donors (Lipinski definition) is 0. The van der Waals surface area contributed by atoms with E-state index in [9.17, 15) is 4.79 Å². The Labute approximate surface area is 134 Å². The van der Waals surface area contributed by atoms with E-state index in [2.05, 4.69) is 42.7 Å². The molecular formula is C19H28N2O. The first-order valence-corrected chi connectivity index (χ1v) is 8.77. The highest BCUT2D eigenvalue weighted by molar-refractivity contribution is 5.95. The van der Waals surface area contributed by atoms with Crippen molar-refractivity contribution in [3.8, 4) is 0 Å². The Bertz CT molecular complexity index is 515. The Hall–Kier alpha value is -1.51. The van der Waals surface area contributed by atoms with Gasteiger partial charge in [-0.1, -0.05) is 0 Å². The van der Waals surface area contributed by atoms with Gasteiger partial charge in [-0.25, -0.2) is 0 Å². The number of rotatable bonds is 7. The quantitative estimate of drug-likeness (QED) is 0.761. The van der Waals surface area contributed by atoms with E-state index in [0.717, 1.165) is 24.6 Å². The molecule has 3 heteroatoms. The molecule has 2 aliphatic rings. The number of carbonyl (C=O) groups excluding carboxylic acids is 1. The van der Waals surface area contributed by atoms with Crippen molar-refractivity contribution in [3.63, 3.8) is 0 Å². The van der Waals surface area contributed by atoms with Gasteiger partial charge in [-0.05, 0) is 76.6 Å². The normalized spacial score (nSPS) is 17.6. The second-order valence-corrected chi connectivity index (χ2v) is 7.06. The largest absolute Gasteiger partial charge is 0.369 e. The van der Waals surface area contributed by atoms with Crippen LogP contribution < -0.4 is 4.90 Å². The maximum atomic E-state index is 12.8. The van der Waals surface area contributed by atoms with Gasteiger partial charge in [-0.3, -0.25) is 4.79 Å². The molecule has 0 radical (unpaired) electrons. The molecule has 0 saturated heterocycles. The second kappa shape index (κ2) is 6.31. The highest BCUT2D eigenvalue weighted by Crippen LogP contribution is 2.35. The first kappa shape index (κ1) is 15.4. The molecule has 2 aliphatic carbocycles. The van der Waals surface area contributed by atoms with Gasteiger partial charge in [-0.15, -0.1) is 0 Å². The van der Waals surface area contributed by atoms with Gasteiger partial charge in [0.2, 0.25) is 0 Å². The van der Waals surface area contributed by atoms with Crippen LogP contribution in [0.1, 0.15) is 56.8 Å². The van der Waals surface area contributed by atoms with E-state index in [-0.39, 0.29) is 5.91 Å². The van der Waals surface area contributed by atoms with Crippen LogP contribution in [0.25, 0.3) is 0 Å². The molecule has 120 valence electrons. The average molecular weight is 300 g/mol. The van der Waals surface area contributed by atoms with Crippen LogP contribution in [0.2, 0.25) is 0 Å². The van der Waals surface area contributed by atoms with Crippen LogP contribution >= 0.6 is 0 Å². The molecule has 2 fully saturated rings. The summed E-state index contributed by atoms with van der Waals surface area (Å²) in [6, 6.07) is 9.19. The summed E-state index contributed by atoms with van der Waals surface area (Å²) in [4.78, 5) is 17.3. The lowest BCUT2D eigenvalue weighted by Gasteiger charge is -2.28. The van der Waals surface area contributed by atoms with Crippen molar-refractivity contribution < 1.29 is 4.79 Å². The lowest BCUT2D eigenvalue weighted by atomic mass is 10.1. The van der Waals surface area contributed by atoms with Gasteiger partial charge in [0.1, 0.15) is 0 Å². The zero-order valence-corrected chi connectivity index (χ0v) is 14.1. The van der Waals surface area contributed by atoms with E-state index >= 15 is 0 Å². The van der Waals surface area contributed by atoms with Crippen molar-refractivity contribution in [2.24, 2.45) is 5.92 Å². The summed E-state index contributed by atoms with van der Waals surface area (Å²) in [6.45, 7) is 8.53. The summed E-state index contributed by atoms with van der Waals surface area (Å²) in [5, 5.41) is 0. The zero-order chi connectivity index (χ0) is 15.7. The summed E-state index contributed by atoms with van der Waals surface area (Å²) in [5.41, 5.74) is 2.05. The van der Waals surface area contributed by atoms with Gasteiger partial charge < -0.3 is 9.80 Å². The van der Waals surface area contributed by atoms with Crippen molar-refractivity contribution in [1.82, 2.24) is 4.90 Å². The highest BCUT2D eigenvalue weighted by atomic mass is 16.2. The van der Waals surface area contributed by atoms with Crippen molar-refractivity contribution in [2.75, 3.05) is 18.0 Å². The third-order valence-corrected chi connectivity index (χ3v) is 4.81. The molecule has 0 N–H and O–H groups in total. The van der Waals surface area contributed by atoms with E-state index in [0.29, 0.717) is 12.1 Å². The molecule has 1 aromatic rings. The minimum Gasteiger partial charge on any atom is -0.369 e. The Morgan fingerprint density at radius 1 is 1.14 bits per heavy atom. The molecule has 22 heavy (non-hydrogen) atoms. The first-order chi connectivity index (χ1) is 10.6. The van der Waals surface area contributed by atoms with Gasteiger partial charge in [0.05, 0.1) is 0 Å². The number of carbonyl (C=O) groups is 1. The van der Waals surface area contributed by atoms with Crippen LogP contribution in [0.4, 0.5) is 5.69 Å². The molecule has 0 heterocycles. The Kier molecular flexibility index (Phi) is 4.42. The number of anilines is 1. The van der Waals surface area contributed by atoms with Gasteiger partial charge in [0.25, 0.3) is 5.91 Å². The molecule has 0 unspecified atom stereocenters. The summed E-state index contributed by atoms with van der Waals surface area (Å²) >= 11 is 0. The summed E-state index contributed by atoms with van der Waals surface area (Å²) in [7, 11) is 0. The van der Waals surface area contributed by atoms with Crippen LogP contribution in [0, 0.1) is 5.92 Å². The molecule has 0 bridgehead atoms. The van der Waals surface area contributed by atoms with E-state index in [1.165, 1.54) is 31.4 Å². The second-order valence-electron chi connectivity index (χ2n) is 7.06.